The van der Waals surface area contributed by atoms with Crippen LogP contribution >= 0.6 is 0 Å². The number of piperidine rings is 1. The Labute approximate surface area is 316 Å². The largest absolute Gasteiger partial charge is 0.346 e. The van der Waals surface area contributed by atoms with Gasteiger partial charge in [-0.15, -0.1) is 6.58 Å². The van der Waals surface area contributed by atoms with Crippen molar-refractivity contribution in [3.8, 4) is 0 Å². The van der Waals surface area contributed by atoms with Crippen molar-refractivity contribution in [2.24, 2.45) is 34.5 Å². The lowest BCUT2D eigenvalue weighted by molar-refractivity contribution is -0.144. The fourth-order valence-electron chi connectivity index (χ4n) is 8.72. The number of nitrogens with zero attached hydrogens (tertiary/aromatic N) is 3. The van der Waals surface area contributed by atoms with Crippen molar-refractivity contribution in [1.29, 1.82) is 0 Å². The minimum atomic E-state index is -3.64. The molecular formula is C38H63N7O7S. The Balaban J connectivity index is 1.32. The van der Waals surface area contributed by atoms with Gasteiger partial charge in [0, 0.05) is 45.3 Å². The highest BCUT2D eigenvalue weighted by atomic mass is 32.2. The normalized spacial score (nSPS) is 27.2. The molecule has 298 valence electrons. The number of nitrogens with one attached hydrogen (secondary N) is 4. The van der Waals surface area contributed by atoms with Gasteiger partial charge in [0.25, 0.3) is 16.1 Å². The number of likely N-dealkylation sites (tertiary alicyclic amines) is 1. The van der Waals surface area contributed by atoms with Crippen molar-refractivity contribution in [2.45, 2.75) is 123 Å². The number of hydrogen-bond acceptors (Lipinski definition) is 7. The van der Waals surface area contributed by atoms with Crippen LogP contribution < -0.4 is 21.3 Å². The van der Waals surface area contributed by atoms with E-state index in [-0.39, 0.29) is 48.6 Å². The molecule has 14 nitrogen and oxygen atoms in total. The molecule has 5 aliphatic rings. The maximum atomic E-state index is 14.7. The Morgan fingerprint density at radius 1 is 0.943 bits per heavy atom. The molecule has 0 bridgehead atoms. The first-order valence-electron chi connectivity index (χ1n) is 19.8. The van der Waals surface area contributed by atoms with Crippen LogP contribution in [-0.2, 0) is 29.4 Å². The summed E-state index contributed by atoms with van der Waals surface area (Å²) in [5.74, 6) is -2.11. The van der Waals surface area contributed by atoms with Gasteiger partial charge in [-0.25, -0.2) is 4.79 Å². The minimum absolute atomic E-state index is 0.0754. The van der Waals surface area contributed by atoms with E-state index in [0.29, 0.717) is 38.5 Å². The maximum Gasteiger partial charge on any atom is 0.315 e. The number of urea groups is 1. The Morgan fingerprint density at radius 3 is 2.21 bits per heavy atom. The van der Waals surface area contributed by atoms with E-state index in [1.54, 1.807) is 9.21 Å². The highest BCUT2D eigenvalue weighted by molar-refractivity contribution is 7.87. The standard InChI is InChI=1S/C38H63N7O7S/c1-8-13-27(32(46)34(48)39-18-9-2)40-33(47)31-29-26(38(29,6)7)22-45(31)35(49)30(25-14-11-10-12-15-25)42-36(50)41-28(37(3,4)5)23-44-20-19-43(53(44,51)52)21-24-16-17-24/h9,24-31H,2,8,10-23H2,1,3-7H3,(H,39,48)(H,40,47)(H2,41,42,50)/t26-,27?,28+,29-,30-,31-/m0/s1. The molecule has 53 heavy (non-hydrogen) atoms. The van der Waals surface area contributed by atoms with Crippen LogP contribution in [0, 0.1) is 34.5 Å². The smallest absolute Gasteiger partial charge is 0.315 e. The molecule has 1 unspecified atom stereocenters. The van der Waals surface area contributed by atoms with Gasteiger partial charge in [0.1, 0.15) is 12.1 Å². The van der Waals surface area contributed by atoms with Crippen LogP contribution in [0.5, 0.6) is 0 Å². The van der Waals surface area contributed by atoms with Crippen molar-refractivity contribution >= 4 is 39.7 Å². The first-order chi connectivity index (χ1) is 24.9. The van der Waals surface area contributed by atoms with Crippen LogP contribution in [0.15, 0.2) is 12.7 Å². The van der Waals surface area contributed by atoms with Gasteiger partial charge < -0.3 is 26.2 Å². The number of ketones is 1. The summed E-state index contributed by atoms with van der Waals surface area (Å²) in [7, 11) is -3.64. The molecule has 5 fully saturated rings. The molecule has 5 rings (SSSR count). The number of hydrogen-bond donors (Lipinski definition) is 4. The van der Waals surface area contributed by atoms with Gasteiger partial charge in [0.05, 0.1) is 6.04 Å². The zero-order valence-corrected chi connectivity index (χ0v) is 33.4. The van der Waals surface area contributed by atoms with Crippen molar-refractivity contribution in [3.05, 3.63) is 12.7 Å². The van der Waals surface area contributed by atoms with Crippen LogP contribution in [-0.4, -0.2) is 115 Å². The lowest BCUT2D eigenvalue weighted by Crippen LogP contribution is -2.61. The molecular weight excluding hydrogens is 699 g/mol. The van der Waals surface area contributed by atoms with E-state index >= 15 is 0 Å². The predicted molar refractivity (Wildman–Crippen MR) is 201 cm³/mol. The fourth-order valence-corrected chi connectivity index (χ4v) is 10.4. The number of carbonyl (C=O) groups is 5. The monoisotopic (exact) mass is 761 g/mol. The van der Waals surface area contributed by atoms with E-state index in [4.69, 9.17) is 0 Å². The lowest BCUT2D eigenvalue weighted by atomic mass is 9.83. The van der Waals surface area contributed by atoms with Gasteiger partial charge in [0.15, 0.2) is 0 Å². The van der Waals surface area contributed by atoms with Crippen LogP contribution in [0.3, 0.4) is 0 Å². The van der Waals surface area contributed by atoms with Crippen molar-refractivity contribution in [3.63, 3.8) is 0 Å². The summed E-state index contributed by atoms with van der Waals surface area (Å²) in [5, 5.41) is 11.4. The van der Waals surface area contributed by atoms with Crippen molar-refractivity contribution in [1.82, 2.24) is 34.8 Å². The lowest BCUT2D eigenvalue weighted by Gasteiger charge is -2.38. The van der Waals surface area contributed by atoms with Gasteiger partial charge in [-0.05, 0) is 66.6 Å². The highest BCUT2D eigenvalue weighted by Crippen LogP contribution is 2.65. The number of rotatable bonds is 16. The van der Waals surface area contributed by atoms with Crippen LogP contribution in [0.4, 0.5) is 4.79 Å². The quantitative estimate of drug-likeness (QED) is 0.138. The average Bonchev–Trinajstić information content (AvgIpc) is 3.92. The molecule has 3 saturated carbocycles. The molecule has 3 aliphatic carbocycles. The Kier molecular flexibility index (Phi) is 12.7. The average molecular weight is 762 g/mol. The third-order valence-electron chi connectivity index (χ3n) is 12.4. The second kappa shape index (κ2) is 16.4. The maximum absolute atomic E-state index is 14.7. The second-order valence-corrected chi connectivity index (χ2v) is 19.6. The summed E-state index contributed by atoms with van der Waals surface area (Å²) in [4.78, 5) is 70.0. The molecule has 2 heterocycles. The minimum Gasteiger partial charge on any atom is -0.346 e. The van der Waals surface area contributed by atoms with Crippen molar-refractivity contribution < 1.29 is 32.4 Å². The first-order valence-corrected chi connectivity index (χ1v) is 21.2. The number of Topliss-reactive ketones (excluding diaryl/α,β-unsaturated/α-hetero) is 1. The topological polar surface area (TPSA) is 177 Å². The summed E-state index contributed by atoms with van der Waals surface area (Å²) >= 11 is 0. The van der Waals surface area contributed by atoms with Gasteiger partial charge >= 0.3 is 6.03 Å². The molecule has 0 aromatic carbocycles. The molecule has 0 aromatic heterocycles. The van der Waals surface area contributed by atoms with Gasteiger partial charge in [-0.1, -0.05) is 73.3 Å². The third kappa shape index (κ3) is 9.26. The van der Waals surface area contributed by atoms with Crippen molar-refractivity contribution in [2.75, 3.05) is 39.3 Å². The van der Waals surface area contributed by atoms with Gasteiger partial charge in [-0.2, -0.15) is 17.0 Å². The predicted octanol–water partition coefficient (Wildman–Crippen LogP) is 2.56. The molecule has 2 aliphatic heterocycles. The molecule has 0 radical (unpaired) electrons. The van der Waals surface area contributed by atoms with Crippen LogP contribution in [0.2, 0.25) is 0 Å². The van der Waals surface area contributed by atoms with Gasteiger partial charge in [0.2, 0.25) is 17.6 Å². The van der Waals surface area contributed by atoms with E-state index < -0.39 is 63.4 Å². The fraction of sp³-hybridized carbons (Fsp3) is 0.816. The zero-order chi connectivity index (χ0) is 38.9. The summed E-state index contributed by atoms with van der Waals surface area (Å²) in [5.41, 5.74) is -0.694. The van der Waals surface area contributed by atoms with E-state index in [2.05, 4.69) is 41.7 Å². The molecule has 0 spiro atoms. The van der Waals surface area contributed by atoms with E-state index in [0.717, 1.165) is 44.9 Å². The summed E-state index contributed by atoms with van der Waals surface area (Å²) in [6.45, 7) is 17.3. The highest BCUT2D eigenvalue weighted by Gasteiger charge is 2.69. The van der Waals surface area contributed by atoms with E-state index in [1.807, 2.05) is 27.7 Å². The van der Waals surface area contributed by atoms with Crippen LogP contribution in [0.25, 0.3) is 0 Å². The summed E-state index contributed by atoms with van der Waals surface area (Å²) in [6.07, 6.45) is 8.77. The Morgan fingerprint density at radius 2 is 1.60 bits per heavy atom. The van der Waals surface area contributed by atoms with E-state index in [1.165, 1.54) is 10.4 Å². The summed E-state index contributed by atoms with van der Waals surface area (Å²) in [6, 6.07) is -3.89. The first kappa shape index (κ1) is 41.1. The number of amides is 5. The molecule has 15 heteroatoms. The number of fused-ring (bicyclic) bond motifs is 1. The SMILES string of the molecule is C=CCNC(=O)C(=O)C(CCC)NC(=O)[C@@H]1[C@@H]2[C@H](CN1C(=O)[C@@H](NC(=O)N[C@H](CN1CCN(CC3CC3)S1(=O)=O)C(C)(C)C)C1CCCCC1)C2(C)C. The Hall–Kier alpha value is -3.04. The summed E-state index contributed by atoms with van der Waals surface area (Å²) < 4.78 is 29.8. The van der Waals surface area contributed by atoms with Gasteiger partial charge in [-0.3, -0.25) is 19.2 Å². The second-order valence-electron chi connectivity index (χ2n) is 17.7. The zero-order valence-electron chi connectivity index (χ0n) is 32.6. The van der Waals surface area contributed by atoms with Crippen LogP contribution in [0.1, 0.15) is 99.3 Å². The molecule has 6 atom stereocenters. The Bertz CT molecular complexity index is 1520. The van der Waals surface area contributed by atoms with E-state index in [9.17, 15) is 32.4 Å². The molecule has 2 saturated heterocycles. The molecule has 5 amide bonds. The number of carbonyl (C=O) groups excluding carboxylic acids is 5. The molecule has 0 aromatic rings. The third-order valence-corrected chi connectivity index (χ3v) is 14.4. The molecule has 4 N–H and O–H groups in total.